The molecular weight excluding hydrogens is 331 g/mol. The zero-order chi connectivity index (χ0) is 17.9. The lowest BCUT2D eigenvalue weighted by Crippen LogP contribution is -2.49. The molecule has 2 aliphatic rings. The van der Waals surface area contributed by atoms with E-state index in [9.17, 15) is 18.0 Å². The Morgan fingerprint density at radius 3 is 2.00 bits per heavy atom. The average molecular weight is 355 g/mol. The molecule has 138 valence electrons. The van der Waals surface area contributed by atoms with Gasteiger partial charge < -0.3 is 4.90 Å². The van der Waals surface area contributed by atoms with Crippen molar-refractivity contribution in [3.05, 3.63) is 35.4 Å². The first-order valence-electron chi connectivity index (χ1n) is 8.80. The minimum Gasteiger partial charge on any atom is -0.342 e. The zero-order valence-corrected chi connectivity index (χ0v) is 14.3. The van der Waals surface area contributed by atoms with Crippen LogP contribution in [0.2, 0.25) is 0 Å². The zero-order valence-electron chi connectivity index (χ0n) is 14.3. The van der Waals surface area contributed by atoms with Crippen LogP contribution in [0.4, 0.5) is 13.2 Å². The molecule has 7 heteroatoms. The van der Waals surface area contributed by atoms with Crippen molar-refractivity contribution in [3.8, 4) is 0 Å². The van der Waals surface area contributed by atoms with Gasteiger partial charge in [-0.2, -0.15) is 13.2 Å². The number of halogens is 3. The summed E-state index contributed by atoms with van der Waals surface area (Å²) >= 11 is 0. The number of amides is 1. The van der Waals surface area contributed by atoms with Crippen LogP contribution in [0.5, 0.6) is 0 Å². The van der Waals surface area contributed by atoms with Gasteiger partial charge in [-0.05, 0) is 30.5 Å². The lowest BCUT2D eigenvalue weighted by Gasteiger charge is -2.35. The molecule has 0 saturated carbocycles. The van der Waals surface area contributed by atoms with E-state index in [2.05, 4.69) is 9.80 Å². The van der Waals surface area contributed by atoms with Gasteiger partial charge in [-0.15, -0.1) is 0 Å². The van der Waals surface area contributed by atoms with Gasteiger partial charge in [0.25, 0.3) is 0 Å². The van der Waals surface area contributed by atoms with Gasteiger partial charge in [0.15, 0.2) is 0 Å². The van der Waals surface area contributed by atoms with Crippen molar-refractivity contribution in [1.82, 2.24) is 14.7 Å². The maximum atomic E-state index is 12.6. The molecule has 2 heterocycles. The summed E-state index contributed by atoms with van der Waals surface area (Å²) in [6.45, 7) is 6.18. The van der Waals surface area contributed by atoms with Crippen LogP contribution in [0.3, 0.4) is 0 Å². The Labute approximate surface area is 146 Å². The monoisotopic (exact) mass is 355 g/mol. The van der Waals surface area contributed by atoms with E-state index in [-0.39, 0.29) is 5.91 Å². The highest BCUT2D eigenvalue weighted by Gasteiger charge is 2.30. The van der Waals surface area contributed by atoms with Crippen molar-refractivity contribution in [2.45, 2.75) is 25.6 Å². The number of carbonyl (C=O) groups excluding carboxylic acids is 1. The molecular formula is C18H24F3N3O. The molecule has 2 aliphatic heterocycles. The topological polar surface area (TPSA) is 26.8 Å². The Morgan fingerprint density at radius 1 is 0.880 bits per heavy atom. The molecule has 0 atom stereocenters. The summed E-state index contributed by atoms with van der Waals surface area (Å²) in [5.74, 6) is 0.216. The van der Waals surface area contributed by atoms with E-state index >= 15 is 0 Å². The second kappa shape index (κ2) is 7.74. The minimum absolute atomic E-state index is 0.216. The van der Waals surface area contributed by atoms with Crippen LogP contribution >= 0.6 is 0 Å². The van der Waals surface area contributed by atoms with E-state index < -0.39 is 11.7 Å². The molecule has 1 amide bonds. The highest BCUT2D eigenvalue weighted by atomic mass is 19.4. The second-order valence-corrected chi connectivity index (χ2v) is 6.83. The Balaban J connectivity index is 1.44. The van der Waals surface area contributed by atoms with Crippen LogP contribution in [0.25, 0.3) is 0 Å². The van der Waals surface area contributed by atoms with Gasteiger partial charge >= 0.3 is 6.18 Å². The van der Waals surface area contributed by atoms with Gasteiger partial charge in [0.1, 0.15) is 0 Å². The number of hydrogen-bond acceptors (Lipinski definition) is 3. The van der Waals surface area contributed by atoms with Gasteiger partial charge in [0.2, 0.25) is 5.91 Å². The SMILES string of the molecule is O=C(CN1CCN(Cc2ccc(C(F)(F)F)cc2)CC1)N1CCCC1. The highest BCUT2D eigenvalue weighted by molar-refractivity contribution is 5.78. The molecule has 4 nitrogen and oxygen atoms in total. The fourth-order valence-corrected chi connectivity index (χ4v) is 3.42. The number of rotatable bonds is 4. The molecule has 1 aromatic carbocycles. The summed E-state index contributed by atoms with van der Waals surface area (Å²) < 4.78 is 37.8. The molecule has 0 N–H and O–H groups in total. The number of hydrogen-bond donors (Lipinski definition) is 0. The molecule has 0 bridgehead atoms. The van der Waals surface area contributed by atoms with Crippen molar-refractivity contribution in [2.24, 2.45) is 0 Å². The van der Waals surface area contributed by atoms with E-state index in [0.717, 1.165) is 69.8 Å². The predicted octanol–water partition coefficient (Wildman–Crippen LogP) is 2.45. The van der Waals surface area contributed by atoms with Crippen LogP contribution in [0.15, 0.2) is 24.3 Å². The van der Waals surface area contributed by atoms with Gasteiger partial charge in [-0.3, -0.25) is 14.6 Å². The third-order valence-electron chi connectivity index (χ3n) is 4.97. The first-order chi connectivity index (χ1) is 11.9. The molecule has 1 aromatic rings. The maximum absolute atomic E-state index is 12.6. The van der Waals surface area contributed by atoms with Gasteiger partial charge in [-0.25, -0.2) is 0 Å². The van der Waals surface area contributed by atoms with Crippen LogP contribution in [-0.2, 0) is 17.5 Å². The molecule has 0 unspecified atom stereocenters. The number of nitrogens with zero attached hydrogens (tertiary/aromatic N) is 3. The van der Waals surface area contributed by atoms with Gasteiger partial charge in [0.05, 0.1) is 12.1 Å². The first-order valence-corrected chi connectivity index (χ1v) is 8.80. The second-order valence-electron chi connectivity index (χ2n) is 6.83. The Bertz CT molecular complexity index is 574. The fourth-order valence-electron chi connectivity index (χ4n) is 3.42. The highest BCUT2D eigenvalue weighted by Crippen LogP contribution is 2.29. The standard InChI is InChI=1S/C18H24F3N3O/c19-18(20,21)16-5-3-15(4-6-16)13-22-9-11-23(12-10-22)14-17(25)24-7-1-2-8-24/h3-6H,1-2,7-14H2. The van der Waals surface area contributed by atoms with E-state index in [1.165, 1.54) is 0 Å². The van der Waals surface area contributed by atoms with E-state index in [1.807, 2.05) is 4.90 Å². The molecule has 0 spiro atoms. The molecule has 2 saturated heterocycles. The number of benzene rings is 1. The van der Waals surface area contributed by atoms with Crippen LogP contribution in [0.1, 0.15) is 24.0 Å². The summed E-state index contributed by atoms with van der Waals surface area (Å²) in [6, 6.07) is 5.37. The lowest BCUT2D eigenvalue weighted by atomic mass is 10.1. The molecule has 2 fully saturated rings. The molecule has 3 rings (SSSR count). The normalized spacial score (nSPS) is 20.2. The average Bonchev–Trinajstić information content (AvgIpc) is 3.11. The third-order valence-corrected chi connectivity index (χ3v) is 4.97. The van der Waals surface area contributed by atoms with Crippen LogP contribution in [-0.4, -0.2) is 66.4 Å². The van der Waals surface area contributed by atoms with E-state index in [4.69, 9.17) is 0 Å². The summed E-state index contributed by atoms with van der Waals surface area (Å²) in [4.78, 5) is 18.5. The van der Waals surface area contributed by atoms with Crippen LogP contribution in [0, 0.1) is 0 Å². The van der Waals surface area contributed by atoms with Gasteiger partial charge in [-0.1, -0.05) is 12.1 Å². The first kappa shape index (κ1) is 18.2. The fraction of sp³-hybridized carbons (Fsp3) is 0.611. The molecule has 0 aliphatic carbocycles. The minimum atomic E-state index is -4.29. The third kappa shape index (κ3) is 4.95. The van der Waals surface area contributed by atoms with E-state index in [0.29, 0.717) is 13.1 Å². The van der Waals surface area contributed by atoms with Crippen molar-refractivity contribution in [1.29, 1.82) is 0 Å². The number of carbonyl (C=O) groups is 1. The summed E-state index contributed by atoms with van der Waals surface area (Å²) in [7, 11) is 0. The smallest absolute Gasteiger partial charge is 0.342 e. The predicted molar refractivity (Wildman–Crippen MR) is 89.0 cm³/mol. The van der Waals surface area contributed by atoms with E-state index in [1.54, 1.807) is 12.1 Å². The lowest BCUT2D eigenvalue weighted by molar-refractivity contribution is -0.137. The maximum Gasteiger partial charge on any atom is 0.416 e. The van der Waals surface area contributed by atoms with Crippen molar-refractivity contribution in [3.63, 3.8) is 0 Å². The number of likely N-dealkylation sites (tertiary alicyclic amines) is 1. The largest absolute Gasteiger partial charge is 0.416 e. The Kier molecular flexibility index (Phi) is 5.64. The quantitative estimate of drug-likeness (QED) is 0.830. The molecule has 0 radical (unpaired) electrons. The summed E-state index contributed by atoms with van der Waals surface area (Å²) in [5.41, 5.74) is 0.274. The molecule has 25 heavy (non-hydrogen) atoms. The number of alkyl halides is 3. The number of piperazine rings is 1. The molecule has 0 aromatic heterocycles. The Morgan fingerprint density at radius 2 is 1.44 bits per heavy atom. The van der Waals surface area contributed by atoms with Crippen molar-refractivity contribution >= 4 is 5.91 Å². The Hall–Kier alpha value is -1.60. The summed E-state index contributed by atoms with van der Waals surface area (Å²) in [5, 5.41) is 0. The summed E-state index contributed by atoms with van der Waals surface area (Å²) in [6.07, 6.45) is -2.08. The van der Waals surface area contributed by atoms with Gasteiger partial charge in [0, 0.05) is 45.8 Å². The van der Waals surface area contributed by atoms with Crippen molar-refractivity contribution in [2.75, 3.05) is 45.8 Å². The van der Waals surface area contributed by atoms with Crippen molar-refractivity contribution < 1.29 is 18.0 Å². The van der Waals surface area contributed by atoms with Crippen LogP contribution < -0.4 is 0 Å².